The van der Waals surface area contributed by atoms with E-state index in [1.54, 1.807) is 0 Å². The minimum absolute atomic E-state index is 0.0788. The molecule has 1 N–H and O–H groups in total. The Kier molecular flexibility index (Phi) is 5.77. The van der Waals surface area contributed by atoms with Crippen LogP contribution in [0.1, 0.15) is 60.4 Å². The Morgan fingerprint density at radius 1 is 1.27 bits per heavy atom. The first kappa shape index (κ1) is 18.6. The van der Waals surface area contributed by atoms with Crippen LogP contribution in [0.2, 0.25) is 0 Å². The maximum absolute atomic E-state index is 13.0. The van der Waals surface area contributed by atoms with Crippen LogP contribution in [-0.2, 0) is 19.6 Å². The summed E-state index contributed by atoms with van der Waals surface area (Å²) in [5, 5.41) is 13.7. The standard InChI is InChI=1S/C21H29N3O2/c1-4-24-20(12-19(22-24)15(2)3)21(26)23-10-9-18(13-23)11-16-5-7-17(14-25)8-6-16/h5-8,12,15,18,25H,4,9-11,13-14H2,1-3H3. The summed E-state index contributed by atoms with van der Waals surface area (Å²) in [6, 6.07) is 10.1. The van der Waals surface area contributed by atoms with Crippen LogP contribution in [0, 0.1) is 5.92 Å². The average molecular weight is 355 g/mol. The quantitative estimate of drug-likeness (QED) is 0.865. The van der Waals surface area contributed by atoms with Gasteiger partial charge in [0.05, 0.1) is 12.3 Å². The van der Waals surface area contributed by atoms with Crippen LogP contribution in [0.4, 0.5) is 0 Å². The van der Waals surface area contributed by atoms with Gasteiger partial charge in [-0.1, -0.05) is 38.1 Å². The average Bonchev–Trinajstić information content (AvgIpc) is 3.28. The fraction of sp³-hybridized carbons (Fsp3) is 0.524. The highest BCUT2D eigenvalue weighted by Crippen LogP contribution is 2.24. The molecule has 140 valence electrons. The van der Waals surface area contributed by atoms with E-state index < -0.39 is 0 Å². The van der Waals surface area contributed by atoms with E-state index >= 15 is 0 Å². The van der Waals surface area contributed by atoms with Gasteiger partial charge in [0.2, 0.25) is 0 Å². The van der Waals surface area contributed by atoms with Gasteiger partial charge in [-0.2, -0.15) is 5.10 Å². The van der Waals surface area contributed by atoms with E-state index in [4.69, 9.17) is 5.11 Å². The number of aliphatic hydroxyl groups is 1. The SMILES string of the molecule is CCn1nc(C(C)C)cc1C(=O)N1CCC(Cc2ccc(CO)cc2)C1. The molecule has 1 fully saturated rings. The fourth-order valence-electron chi connectivity index (χ4n) is 3.59. The van der Waals surface area contributed by atoms with Crippen LogP contribution < -0.4 is 0 Å². The summed E-state index contributed by atoms with van der Waals surface area (Å²) < 4.78 is 1.83. The molecule has 5 heteroatoms. The van der Waals surface area contributed by atoms with Crippen molar-refractivity contribution in [2.24, 2.45) is 5.92 Å². The first-order valence-electron chi connectivity index (χ1n) is 9.57. The highest BCUT2D eigenvalue weighted by atomic mass is 16.3. The van der Waals surface area contributed by atoms with Crippen molar-refractivity contribution >= 4 is 5.91 Å². The maximum Gasteiger partial charge on any atom is 0.272 e. The van der Waals surface area contributed by atoms with E-state index in [-0.39, 0.29) is 12.5 Å². The number of aryl methyl sites for hydroxylation is 1. The van der Waals surface area contributed by atoms with Gasteiger partial charge in [0.1, 0.15) is 5.69 Å². The third-order valence-electron chi connectivity index (χ3n) is 5.21. The molecule has 26 heavy (non-hydrogen) atoms. The molecule has 2 aromatic rings. The van der Waals surface area contributed by atoms with Crippen LogP contribution in [0.5, 0.6) is 0 Å². The van der Waals surface area contributed by atoms with E-state index in [0.717, 1.165) is 37.2 Å². The van der Waals surface area contributed by atoms with Crippen LogP contribution in [-0.4, -0.2) is 38.8 Å². The molecule has 1 aromatic heterocycles. The Hall–Kier alpha value is -2.14. The number of aromatic nitrogens is 2. The van der Waals surface area contributed by atoms with Gasteiger partial charge in [0.25, 0.3) is 5.91 Å². The lowest BCUT2D eigenvalue weighted by Gasteiger charge is -2.17. The minimum Gasteiger partial charge on any atom is -0.392 e. The number of benzene rings is 1. The summed E-state index contributed by atoms with van der Waals surface area (Å²) in [7, 11) is 0. The number of hydrogen-bond donors (Lipinski definition) is 1. The number of hydrogen-bond acceptors (Lipinski definition) is 3. The van der Waals surface area contributed by atoms with Gasteiger partial charge in [0, 0.05) is 19.6 Å². The van der Waals surface area contributed by atoms with Gasteiger partial charge in [-0.15, -0.1) is 0 Å². The first-order chi connectivity index (χ1) is 12.5. The number of likely N-dealkylation sites (tertiary alicyclic amines) is 1. The van der Waals surface area contributed by atoms with E-state index in [1.165, 1.54) is 5.56 Å². The second-order valence-corrected chi connectivity index (χ2v) is 7.51. The zero-order valence-corrected chi connectivity index (χ0v) is 16.0. The van der Waals surface area contributed by atoms with Crippen molar-refractivity contribution in [1.82, 2.24) is 14.7 Å². The smallest absolute Gasteiger partial charge is 0.272 e. The second kappa shape index (κ2) is 8.04. The minimum atomic E-state index is 0.0788. The molecule has 1 atom stereocenters. The number of carbonyl (C=O) groups excluding carboxylic acids is 1. The first-order valence-corrected chi connectivity index (χ1v) is 9.57. The van der Waals surface area contributed by atoms with Gasteiger partial charge >= 0.3 is 0 Å². The van der Waals surface area contributed by atoms with E-state index in [9.17, 15) is 4.79 Å². The molecule has 1 aliphatic heterocycles. The molecular formula is C21H29N3O2. The molecular weight excluding hydrogens is 326 g/mol. The lowest BCUT2D eigenvalue weighted by molar-refractivity contribution is 0.0775. The Bertz CT molecular complexity index is 749. The molecule has 1 aromatic carbocycles. The highest BCUT2D eigenvalue weighted by molar-refractivity contribution is 5.93. The molecule has 1 amide bonds. The number of carbonyl (C=O) groups is 1. The molecule has 5 nitrogen and oxygen atoms in total. The molecule has 1 aliphatic rings. The van der Waals surface area contributed by atoms with Crippen LogP contribution in [0.25, 0.3) is 0 Å². The molecule has 0 saturated carbocycles. The summed E-state index contributed by atoms with van der Waals surface area (Å²) in [5.74, 6) is 0.911. The summed E-state index contributed by atoms with van der Waals surface area (Å²) in [6.07, 6.45) is 2.00. The van der Waals surface area contributed by atoms with Crippen LogP contribution >= 0.6 is 0 Å². The van der Waals surface area contributed by atoms with Crippen molar-refractivity contribution in [2.75, 3.05) is 13.1 Å². The van der Waals surface area contributed by atoms with Crippen molar-refractivity contribution in [2.45, 2.75) is 52.7 Å². The van der Waals surface area contributed by atoms with Crippen molar-refractivity contribution < 1.29 is 9.90 Å². The van der Waals surface area contributed by atoms with Crippen LogP contribution in [0.3, 0.4) is 0 Å². The highest BCUT2D eigenvalue weighted by Gasteiger charge is 2.29. The lowest BCUT2D eigenvalue weighted by Crippen LogP contribution is -2.30. The number of aliphatic hydroxyl groups excluding tert-OH is 1. The predicted octanol–water partition coefficient (Wildman–Crippen LogP) is 3.22. The molecule has 2 heterocycles. The summed E-state index contributed by atoms with van der Waals surface area (Å²) in [5.41, 5.74) is 3.90. The molecule has 1 saturated heterocycles. The number of rotatable bonds is 6. The van der Waals surface area contributed by atoms with E-state index in [2.05, 4.69) is 31.1 Å². The predicted molar refractivity (Wildman–Crippen MR) is 102 cm³/mol. The van der Waals surface area contributed by atoms with Gasteiger partial charge in [-0.05, 0) is 48.8 Å². The Labute approximate surface area is 155 Å². The molecule has 0 bridgehead atoms. The molecule has 1 unspecified atom stereocenters. The van der Waals surface area contributed by atoms with Crippen molar-refractivity contribution in [3.05, 3.63) is 52.8 Å². The Morgan fingerprint density at radius 2 is 1.96 bits per heavy atom. The zero-order valence-electron chi connectivity index (χ0n) is 16.0. The second-order valence-electron chi connectivity index (χ2n) is 7.51. The molecule has 0 spiro atoms. The summed E-state index contributed by atoms with van der Waals surface area (Å²) >= 11 is 0. The Morgan fingerprint density at radius 3 is 2.58 bits per heavy atom. The zero-order chi connectivity index (χ0) is 18.7. The van der Waals surface area contributed by atoms with E-state index in [0.29, 0.717) is 24.1 Å². The van der Waals surface area contributed by atoms with Gasteiger partial charge in [-0.3, -0.25) is 9.48 Å². The third kappa shape index (κ3) is 3.98. The third-order valence-corrected chi connectivity index (χ3v) is 5.21. The number of nitrogens with zero attached hydrogens (tertiary/aromatic N) is 3. The van der Waals surface area contributed by atoms with Crippen molar-refractivity contribution in [3.8, 4) is 0 Å². The molecule has 3 rings (SSSR count). The monoisotopic (exact) mass is 355 g/mol. The topological polar surface area (TPSA) is 58.4 Å². The van der Waals surface area contributed by atoms with E-state index in [1.807, 2.05) is 34.7 Å². The van der Waals surface area contributed by atoms with Crippen molar-refractivity contribution in [1.29, 1.82) is 0 Å². The van der Waals surface area contributed by atoms with Gasteiger partial charge in [0.15, 0.2) is 0 Å². The summed E-state index contributed by atoms with van der Waals surface area (Å²) in [4.78, 5) is 15.0. The maximum atomic E-state index is 13.0. The lowest BCUT2D eigenvalue weighted by atomic mass is 9.98. The Balaban J connectivity index is 1.65. The molecule has 0 aliphatic carbocycles. The van der Waals surface area contributed by atoms with Gasteiger partial charge < -0.3 is 10.0 Å². The number of amides is 1. The largest absolute Gasteiger partial charge is 0.392 e. The van der Waals surface area contributed by atoms with Gasteiger partial charge in [-0.25, -0.2) is 0 Å². The van der Waals surface area contributed by atoms with Crippen LogP contribution in [0.15, 0.2) is 30.3 Å². The molecule has 0 radical (unpaired) electrons. The normalized spacial score (nSPS) is 17.3. The van der Waals surface area contributed by atoms with Crippen molar-refractivity contribution in [3.63, 3.8) is 0 Å². The summed E-state index contributed by atoms with van der Waals surface area (Å²) in [6.45, 7) is 8.63. The fourth-order valence-corrected chi connectivity index (χ4v) is 3.59.